The topological polar surface area (TPSA) is 46.3 Å². The van der Waals surface area contributed by atoms with E-state index in [0.29, 0.717) is 12.5 Å². The van der Waals surface area contributed by atoms with Gasteiger partial charge in [0, 0.05) is 24.7 Å². The van der Waals surface area contributed by atoms with E-state index in [4.69, 9.17) is 5.73 Å². The Bertz CT molecular complexity index is 476. The predicted octanol–water partition coefficient (Wildman–Crippen LogP) is 2.92. The number of nitrogens with two attached hydrogens (primary N) is 1. The minimum atomic E-state index is 0. The molecule has 0 radical (unpaired) electrons. The third-order valence-corrected chi connectivity index (χ3v) is 4.12. The van der Waals surface area contributed by atoms with Crippen molar-refractivity contribution in [3.05, 3.63) is 34.9 Å². The first-order valence-electron chi connectivity index (χ1n) is 7.11. The van der Waals surface area contributed by atoms with Crippen LogP contribution in [0.2, 0.25) is 0 Å². The molecule has 1 aromatic rings. The molecule has 0 spiro atoms. The lowest BCUT2D eigenvalue weighted by atomic mass is 9.91. The molecule has 3 nitrogen and oxygen atoms in total. The molecule has 0 aliphatic carbocycles. The van der Waals surface area contributed by atoms with Gasteiger partial charge in [-0.25, -0.2) is 0 Å². The SMILES string of the molecule is Cc1ccc(C(=O)N2CCC(C)CC2CN)c(C)c1.Cl. The number of hydrogen-bond acceptors (Lipinski definition) is 2. The quantitative estimate of drug-likeness (QED) is 0.912. The van der Waals surface area contributed by atoms with E-state index in [1.807, 2.05) is 30.9 Å². The van der Waals surface area contributed by atoms with Crippen LogP contribution in [0.15, 0.2) is 18.2 Å². The van der Waals surface area contributed by atoms with E-state index in [0.717, 1.165) is 30.5 Å². The molecule has 112 valence electrons. The van der Waals surface area contributed by atoms with Crippen molar-refractivity contribution in [1.82, 2.24) is 4.90 Å². The fourth-order valence-electron chi connectivity index (χ4n) is 2.95. The van der Waals surface area contributed by atoms with E-state index >= 15 is 0 Å². The molecule has 2 N–H and O–H groups in total. The Hall–Kier alpha value is -1.06. The molecule has 20 heavy (non-hydrogen) atoms. The second-order valence-electron chi connectivity index (χ2n) is 5.84. The Labute approximate surface area is 127 Å². The first kappa shape index (κ1) is 17.0. The minimum absolute atomic E-state index is 0. The average molecular weight is 297 g/mol. The van der Waals surface area contributed by atoms with E-state index in [2.05, 4.69) is 13.0 Å². The maximum Gasteiger partial charge on any atom is 0.254 e. The van der Waals surface area contributed by atoms with Crippen molar-refractivity contribution in [2.75, 3.05) is 13.1 Å². The summed E-state index contributed by atoms with van der Waals surface area (Å²) in [4.78, 5) is 14.6. The van der Waals surface area contributed by atoms with Gasteiger partial charge in [0.1, 0.15) is 0 Å². The van der Waals surface area contributed by atoms with Crippen molar-refractivity contribution in [2.24, 2.45) is 11.7 Å². The molecule has 0 bridgehead atoms. The maximum absolute atomic E-state index is 12.7. The maximum atomic E-state index is 12.7. The fraction of sp³-hybridized carbons (Fsp3) is 0.562. The van der Waals surface area contributed by atoms with E-state index in [-0.39, 0.29) is 24.4 Å². The zero-order chi connectivity index (χ0) is 14.0. The van der Waals surface area contributed by atoms with Gasteiger partial charge in [0.2, 0.25) is 0 Å². The third-order valence-electron chi connectivity index (χ3n) is 4.12. The Kier molecular flexibility index (Phi) is 6.03. The molecule has 1 amide bonds. The molecule has 4 heteroatoms. The highest BCUT2D eigenvalue weighted by atomic mass is 35.5. The number of piperidine rings is 1. The van der Waals surface area contributed by atoms with Crippen LogP contribution in [-0.2, 0) is 0 Å². The van der Waals surface area contributed by atoms with E-state index in [1.165, 1.54) is 5.56 Å². The van der Waals surface area contributed by atoms with Crippen molar-refractivity contribution >= 4 is 18.3 Å². The first-order valence-corrected chi connectivity index (χ1v) is 7.11. The van der Waals surface area contributed by atoms with Crippen molar-refractivity contribution in [3.8, 4) is 0 Å². The molecule has 1 heterocycles. The second-order valence-corrected chi connectivity index (χ2v) is 5.84. The van der Waals surface area contributed by atoms with Crippen LogP contribution < -0.4 is 5.73 Å². The lowest BCUT2D eigenvalue weighted by molar-refractivity contribution is 0.0573. The van der Waals surface area contributed by atoms with Gasteiger partial charge in [-0.15, -0.1) is 12.4 Å². The van der Waals surface area contributed by atoms with Gasteiger partial charge in [-0.2, -0.15) is 0 Å². The summed E-state index contributed by atoms with van der Waals surface area (Å²) in [7, 11) is 0. The van der Waals surface area contributed by atoms with Crippen LogP contribution in [0.25, 0.3) is 0 Å². The molecule has 1 aromatic carbocycles. The van der Waals surface area contributed by atoms with E-state index < -0.39 is 0 Å². The molecule has 2 rings (SSSR count). The number of rotatable bonds is 2. The molecule has 1 aliphatic heterocycles. The van der Waals surface area contributed by atoms with Gasteiger partial charge in [0.25, 0.3) is 5.91 Å². The van der Waals surface area contributed by atoms with Crippen LogP contribution in [-0.4, -0.2) is 29.9 Å². The predicted molar refractivity (Wildman–Crippen MR) is 85.4 cm³/mol. The summed E-state index contributed by atoms with van der Waals surface area (Å²) in [5, 5.41) is 0. The van der Waals surface area contributed by atoms with Gasteiger partial charge in [-0.3, -0.25) is 4.79 Å². The standard InChI is InChI=1S/C16H24N2O.ClH/c1-11-4-5-15(13(3)8-11)16(19)18-7-6-12(2)9-14(18)10-17;/h4-5,8,12,14H,6-7,9-10,17H2,1-3H3;1H. The molecule has 1 fully saturated rings. The Morgan fingerprint density at radius 2 is 2.10 bits per heavy atom. The molecule has 0 aromatic heterocycles. The number of nitrogens with zero attached hydrogens (tertiary/aromatic N) is 1. The zero-order valence-electron chi connectivity index (χ0n) is 12.6. The Morgan fingerprint density at radius 1 is 1.40 bits per heavy atom. The first-order chi connectivity index (χ1) is 9.02. The minimum Gasteiger partial charge on any atom is -0.334 e. The van der Waals surface area contributed by atoms with Gasteiger partial charge < -0.3 is 10.6 Å². The number of benzene rings is 1. The average Bonchev–Trinajstić information content (AvgIpc) is 2.37. The largest absolute Gasteiger partial charge is 0.334 e. The molecule has 2 atom stereocenters. The van der Waals surface area contributed by atoms with Crippen LogP contribution in [0.1, 0.15) is 41.3 Å². The van der Waals surface area contributed by atoms with Crippen LogP contribution in [0, 0.1) is 19.8 Å². The fourth-order valence-corrected chi connectivity index (χ4v) is 2.95. The van der Waals surface area contributed by atoms with Gasteiger partial charge in [-0.05, 0) is 44.2 Å². The van der Waals surface area contributed by atoms with Crippen LogP contribution >= 0.6 is 12.4 Å². The van der Waals surface area contributed by atoms with E-state index in [1.54, 1.807) is 0 Å². The summed E-state index contributed by atoms with van der Waals surface area (Å²) < 4.78 is 0. The van der Waals surface area contributed by atoms with Crippen molar-refractivity contribution in [3.63, 3.8) is 0 Å². The molecular formula is C16H25ClN2O. The summed E-state index contributed by atoms with van der Waals surface area (Å²) in [6.07, 6.45) is 2.10. The number of hydrogen-bond donors (Lipinski definition) is 1. The Morgan fingerprint density at radius 3 is 2.70 bits per heavy atom. The summed E-state index contributed by atoms with van der Waals surface area (Å²) in [6, 6.07) is 6.21. The number of likely N-dealkylation sites (tertiary alicyclic amines) is 1. The molecule has 2 unspecified atom stereocenters. The van der Waals surface area contributed by atoms with Crippen LogP contribution in [0.5, 0.6) is 0 Å². The monoisotopic (exact) mass is 296 g/mol. The highest BCUT2D eigenvalue weighted by Crippen LogP contribution is 2.24. The summed E-state index contributed by atoms with van der Waals surface area (Å²) in [6.45, 7) is 7.68. The van der Waals surface area contributed by atoms with Crippen molar-refractivity contribution in [1.29, 1.82) is 0 Å². The van der Waals surface area contributed by atoms with Crippen molar-refractivity contribution in [2.45, 2.75) is 39.7 Å². The highest BCUT2D eigenvalue weighted by molar-refractivity contribution is 5.96. The number of carbonyl (C=O) groups excluding carboxylic acids is 1. The van der Waals surface area contributed by atoms with Gasteiger partial charge >= 0.3 is 0 Å². The van der Waals surface area contributed by atoms with E-state index in [9.17, 15) is 4.79 Å². The summed E-state index contributed by atoms with van der Waals surface area (Å²) in [5.41, 5.74) is 8.90. The highest BCUT2D eigenvalue weighted by Gasteiger charge is 2.29. The number of carbonyl (C=O) groups is 1. The summed E-state index contributed by atoms with van der Waals surface area (Å²) in [5.74, 6) is 0.802. The number of halogens is 1. The summed E-state index contributed by atoms with van der Waals surface area (Å²) >= 11 is 0. The molecule has 0 saturated carbocycles. The number of aryl methyl sites for hydroxylation is 2. The zero-order valence-corrected chi connectivity index (χ0v) is 13.4. The number of amides is 1. The van der Waals surface area contributed by atoms with Crippen LogP contribution in [0.3, 0.4) is 0 Å². The van der Waals surface area contributed by atoms with Crippen molar-refractivity contribution < 1.29 is 4.79 Å². The second kappa shape index (κ2) is 7.09. The molecular weight excluding hydrogens is 272 g/mol. The Balaban J connectivity index is 0.00000200. The lowest BCUT2D eigenvalue weighted by Crippen LogP contribution is -2.49. The van der Waals surface area contributed by atoms with Crippen LogP contribution in [0.4, 0.5) is 0 Å². The van der Waals surface area contributed by atoms with Gasteiger partial charge in [0.05, 0.1) is 0 Å². The van der Waals surface area contributed by atoms with Gasteiger partial charge in [-0.1, -0.05) is 24.6 Å². The smallest absolute Gasteiger partial charge is 0.254 e. The molecule has 1 aliphatic rings. The molecule has 1 saturated heterocycles. The third kappa shape index (κ3) is 3.53. The lowest BCUT2D eigenvalue weighted by Gasteiger charge is -2.38. The normalized spacial score (nSPS) is 22.3. The van der Waals surface area contributed by atoms with Gasteiger partial charge in [0.15, 0.2) is 0 Å².